The van der Waals surface area contributed by atoms with Gasteiger partial charge in [0.2, 0.25) is 0 Å². The van der Waals surface area contributed by atoms with Crippen molar-refractivity contribution in [2.75, 3.05) is 6.26 Å². The van der Waals surface area contributed by atoms with Gasteiger partial charge in [-0.1, -0.05) is 6.92 Å². The van der Waals surface area contributed by atoms with E-state index in [1.807, 2.05) is 6.92 Å². The van der Waals surface area contributed by atoms with E-state index < -0.39 is 11.2 Å². The van der Waals surface area contributed by atoms with E-state index >= 15 is 0 Å². The van der Waals surface area contributed by atoms with Crippen LogP contribution in [-0.2, 0) is 24.6 Å². The summed E-state index contributed by atoms with van der Waals surface area (Å²) in [6.07, 6.45) is 3.79. The minimum Gasteiger partial charge on any atom is -0.609 e. The summed E-state index contributed by atoms with van der Waals surface area (Å²) in [5, 5.41) is 1.04. The summed E-state index contributed by atoms with van der Waals surface area (Å²) in [7, 11) is 1.67. The van der Waals surface area contributed by atoms with E-state index in [0.717, 1.165) is 10.9 Å². The van der Waals surface area contributed by atoms with E-state index in [0.29, 0.717) is 12.1 Å². The molecule has 0 saturated heterocycles. The van der Waals surface area contributed by atoms with Gasteiger partial charge in [0.1, 0.15) is 6.26 Å². The lowest BCUT2D eigenvalue weighted by Gasteiger charge is -2.08. The van der Waals surface area contributed by atoms with E-state index in [-0.39, 0.29) is 10.7 Å². The number of rotatable bonds is 2. The molecular weight excluding hydrogens is 238 g/mol. The van der Waals surface area contributed by atoms with Crippen molar-refractivity contribution in [2.24, 2.45) is 7.05 Å². The standard InChI is InChI=1S/C11H13N3O2S/c1-4-7-5-8-6-12-11(17(3)16)13-9(8)14(2)10(7)15/h5-6H,4H2,1-3H3. The van der Waals surface area contributed by atoms with Gasteiger partial charge in [-0.3, -0.25) is 9.36 Å². The third-order valence-electron chi connectivity index (χ3n) is 2.64. The minimum atomic E-state index is -1.24. The van der Waals surface area contributed by atoms with Crippen molar-refractivity contribution in [3.8, 4) is 0 Å². The van der Waals surface area contributed by atoms with Crippen LogP contribution in [0.2, 0.25) is 0 Å². The monoisotopic (exact) mass is 251 g/mol. The van der Waals surface area contributed by atoms with Gasteiger partial charge < -0.3 is 4.55 Å². The molecule has 90 valence electrons. The number of hydrogen-bond acceptors (Lipinski definition) is 4. The Balaban J connectivity index is 2.79. The molecule has 5 nitrogen and oxygen atoms in total. The van der Waals surface area contributed by atoms with Crippen LogP contribution >= 0.6 is 0 Å². The molecule has 0 amide bonds. The molecule has 0 fully saturated rings. The highest BCUT2D eigenvalue weighted by Gasteiger charge is 2.12. The van der Waals surface area contributed by atoms with Gasteiger partial charge in [-0.25, -0.2) is 0 Å². The summed E-state index contributed by atoms with van der Waals surface area (Å²) < 4.78 is 12.8. The van der Waals surface area contributed by atoms with Crippen LogP contribution in [0.3, 0.4) is 0 Å². The van der Waals surface area contributed by atoms with Crippen LogP contribution in [0.5, 0.6) is 0 Å². The Bertz CT molecular complexity index is 622. The lowest BCUT2D eigenvalue weighted by Crippen LogP contribution is -2.22. The van der Waals surface area contributed by atoms with Gasteiger partial charge >= 0.3 is 5.16 Å². The number of fused-ring (bicyclic) bond motifs is 1. The van der Waals surface area contributed by atoms with E-state index in [1.165, 1.54) is 10.8 Å². The first-order chi connectivity index (χ1) is 8.04. The number of aryl methyl sites for hydroxylation is 2. The Morgan fingerprint density at radius 3 is 2.82 bits per heavy atom. The summed E-state index contributed by atoms with van der Waals surface area (Å²) in [6.45, 7) is 1.93. The van der Waals surface area contributed by atoms with Crippen LogP contribution in [0.1, 0.15) is 12.5 Å². The lowest BCUT2D eigenvalue weighted by molar-refractivity contribution is 0.592. The van der Waals surface area contributed by atoms with Gasteiger partial charge in [0, 0.05) is 35.4 Å². The first-order valence-corrected chi connectivity index (χ1v) is 6.79. The van der Waals surface area contributed by atoms with E-state index in [2.05, 4.69) is 9.97 Å². The quantitative estimate of drug-likeness (QED) is 0.579. The summed E-state index contributed by atoms with van der Waals surface area (Å²) >= 11 is -1.24. The second-order valence-electron chi connectivity index (χ2n) is 3.77. The van der Waals surface area contributed by atoms with Crippen molar-refractivity contribution in [2.45, 2.75) is 18.5 Å². The molecule has 1 atom stereocenters. The molecule has 0 aromatic carbocycles. The van der Waals surface area contributed by atoms with Gasteiger partial charge in [-0.05, 0) is 12.5 Å². The predicted molar refractivity (Wildman–Crippen MR) is 66.5 cm³/mol. The van der Waals surface area contributed by atoms with E-state index in [4.69, 9.17) is 0 Å². The van der Waals surface area contributed by atoms with Crippen LogP contribution in [-0.4, -0.2) is 25.3 Å². The fourth-order valence-corrected chi connectivity index (χ4v) is 2.11. The molecule has 6 heteroatoms. The Hall–Kier alpha value is -1.40. The molecule has 0 aliphatic heterocycles. The summed E-state index contributed by atoms with van der Waals surface area (Å²) in [5.41, 5.74) is 1.19. The molecule has 0 N–H and O–H groups in total. The van der Waals surface area contributed by atoms with Crippen LogP contribution in [0, 0.1) is 0 Å². The molecule has 2 heterocycles. The van der Waals surface area contributed by atoms with Gasteiger partial charge in [0.15, 0.2) is 5.65 Å². The molecular formula is C11H13N3O2S. The molecule has 1 unspecified atom stereocenters. The average Bonchev–Trinajstić information content (AvgIpc) is 2.33. The second-order valence-corrected chi connectivity index (χ2v) is 5.05. The normalized spacial score (nSPS) is 12.9. The van der Waals surface area contributed by atoms with Gasteiger partial charge in [0.25, 0.3) is 5.56 Å². The van der Waals surface area contributed by atoms with Crippen molar-refractivity contribution in [1.29, 1.82) is 0 Å². The number of pyridine rings is 1. The zero-order chi connectivity index (χ0) is 12.6. The van der Waals surface area contributed by atoms with Crippen LogP contribution in [0.4, 0.5) is 0 Å². The van der Waals surface area contributed by atoms with Crippen LogP contribution < -0.4 is 5.56 Å². The summed E-state index contributed by atoms with van der Waals surface area (Å²) in [6, 6.07) is 1.79. The Labute approximate surface area is 102 Å². The Kier molecular flexibility index (Phi) is 3.17. The molecule has 0 aliphatic rings. The fraction of sp³-hybridized carbons (Fsp3) is 0.364. The third-order valence-corrected chi connectivity index (χ3v) is 3.35. The second kappa shape index (κ2) is 4.46. The van der Waals surface area contributed by atoms with Gasteiger partial charge in [-0.2, -0.15) is 9.97 Å². The zero-order valence-corrected chi connectivity index (χ0v) is 10.7. The maximum absolute atomic E-state index is 11.9. The van der Waals surface area contributed by atoms with Gasteiger partial charge in [-0.15, -0.1) is 0 Å². The molecule has 2 rings (SSSR count). The third kappa shape index (κ3) is 2.05. The average molecular weight is 251 g/mol. The maximum Gasteiger partial charge on any atom is 0.344 e. The van der Waals surface area contributed by atoms with Crippen molar-refractivity contribution >= 4 is 22.2 Å². The summed E-state index contributed by atoms with van der Waals surface area (Å²) in [4.78, 5) is 20.1. The van der Waals surface area contributed by atoms with Crippen molar-refractivity contribution < 1.29 is 4.55 Å². The molecule has 17 heavy (non-hydrogen) atoms. The predicted octanol–water partition coefficient (Wildman–Crippen LogP) is 0.628. The highest BCUT2D eigenvalue weighted by molar-refractivity contribution is 7.90. The highest BCUT2D eigenvalue weighted by atomic mass is 32.2. The summed E-state index contributed by atoms with van der Waals surface area (Å²) in [5.74, 6) is 0. The van der Waals surface area contributed by atoms with Gasteiger partial charge in [0.05, 0.1) is 0 Å². The fourth-order valence-electron chi connectivity index (χ4n) is 1.69. The van der Waals surface area contributed by atoms with Crippen molar-refractivity contribution in [3.05, 3.63) is 28.2 Å². The number of aromatic nitrogens is 3. The van der Waals surface area contributed by atoms with Crippen LogP contribution in [0.25, 0.3) is 11.0 Å². The molecule has 0 bridgehead atoms. The van der Waals surface area contributed by atoms with E-state index in [1.54, 1.807) is 19.3 Å². The largest absolute Gasteiger partial charge is 0.609 e. The molecule has 0 spiro atoms. The van der Waals surface area contributed by atoms with Crippen molar-refractivity contribution in [1.82, 2.24) is 14.5 Å². The minimum absolute atomic E-state index is 0.0634. The number of nitrogens with zero attached hydrogens (tertiary/aromatic N) is 3. The Morgan fingerprint density at radius 2 is 2.24 bits per heavy atom. The first-order valence-electron chi connectivity index (χ1n) is 5.23. The zero-order valence-electron chi connectivity index (χ0n) is 9.93. The number of hydrogen-bond donors (Lipinski definition) is 0. The molecule has 0 radical (unpaired) electrons. The molecule has 0 aliphatic carbocycles. The van der Waals surface area contributed by atoms with Crippen LogP contribution in [0.15, 0.2) is 22.2 Å². The Morgan fingerprint density at radius 1 is 1.53 bits per heavy atom. The van der Waals surface area contributed by atoms with E-state index in [9.17, 15) is 9.35 Å². The lowest BCUT2D eigenvalue weighted by atomic mass is 10.2. The molecule has 2 aromatic rings. The van der Waals surface area contributed by atoms with Crippen molar-refractivity contribution in [3.63, 3.8) is 0 Å². The molecule has 2 aromatic heterocycles. The highest BCUT2D eigenvalue weighted by Crippen LogP contribution is 2.12. The smallest absolute Gasteiger partial charge is 0.344 e. The topological polar surface area (TPSA) is 70.8 Å². The molecule has 0 saturated carbocycles. The maximum atomic E-state index is 11.9. The SMILES string of the molecule is CCc1cc2cnc([S+](C)[O-])nc2n(C)c1=O. The first kappa shape index (κ1) is 12.1.